The predicted molar refractivity (Wildman–Crippen MR) is 229 cm³/mol. The molecule has 0 saturated heterocycles. The maximum Gasteiger partial charge on any atom is 0.411 e. The molecule has 9 heteroatoms. The maximum atomic E-state index is 13.7. The van der Waals surface area contributed by atoms with E-state index < -0.39 is 38.7 Å². The van der Waals surface area contributed by atoms with Gasteiger partial charge >= 0.3 is 12.4 Å². The summed E-state index contributed by atoms with van der Waals surface area (Å²) in [6.45, 7) is 11.4. The van der Waals surface area contributed by atoms with E-state index in [2.05, 4.69) is 62.4 Å². The van der Waals surface area contributed by atoms with Crippen LogP contribution in [0.1, 0.15) is 87.7 Å². The first-order valence-electron chi connectivity index (χ1n) is 20.0. The molecule has 0 radical (unpaired) electrons. The highest BCUT2D eigenvalue weighted by Crippen LogP contribution is 2.56. The monoisotopic (exact) mass is 842 g/mol. The lowest BCUT2D eigenvalue weighted by Crippen LogP contribution is -2.54. The molecule has 7 rings (SSSR count). The van der Waals surface area contributed by atoms with Crippen LogP contribution in [0.5, 0.6) is 0 Å². The summed E-state index contributed by atoms with van der Waals surface area (Å²) in [5.74, 6) is 0. The molecule has 0 heterocycles. The summed E-state index contributed by atoms with van der Waals surface area (Å²) in [6, 6.07) is 40.8. The molecule has 1 aliphatic rings. The van der Waals surface area contributed by atoms with Crippen LogP contribution in [0.25, 0.3) is 0 Å². The van der Waals surface area contributed by atoms with Crippen molar-refractivity contribution in [3.05, 3.63) is 201 Å². The van der Waals surface area contributed by atoms with Crippen molar-refractivity contribution in [2.75, 3.05) is 0 Å². The van der Waals surface area contributed by atoms with E-state index in [9.17, 15) is 34.8 Å². The van der Waals surface area contributed by atoms with Crippen LogP contribution < -0.4 is 0 Å². The van der Waals surface area contributed by atoms with Crippen molar-refractivity contribution < 1.29 is 34.8 Å². The molecule has 0 amide bonds. The first-order valence-corrected chi connectivity index (χ1v) is 21.5. The Kier molecular flexibility index (Phi) is 14.3. The summed E-state index contributed by atoms with van der Waals surface area (Å²) in [5.41, 5.74) is 3.48. The number of halogens is 6. The average Bonchev–Trinajstić information content (AvgIpc) is 3.20. The third-order valence-electron chi connectivity index (χ3n) is 11.4. The van der Waals surface area contributed by atoms with Crippen molar-refractivity contribution in [1.29, 1.82) is 0 Å². The summed E-state index contributed by atoms with van der Waals surface area (Å²) in [5, 5.41) is 0. The van der Waals surface area contributed by atoms with Gasteiger partial charge in [0, 0.05) is 5.41 Å². The minimum atomic E-state index is -5.53. The second-order valence-corrected chi connectivity index (χ2v) is 17.9. The third kappa shape index (κ3) is 10.1. The van der Waals surface area contributed by atoms with Gasteiger partial charge in [0.1, 0.15) is 0 Å². The molecule has 0 bridgehead atoms. The second kappa shape index (κ2) is 18.6. The summed E-state index contributed by atoms with van der Waals surface area (Å²) in [6.07, 6.45) is -4.40. The quantitative estimate of drug-likeness (QED) is 0.157. The minimum absolute atomic E-state index is 0.250. The van der Waals surface area contributed by atoms with Crippen LogP contribution in [0.4, 0.5) is 26.3 Å². The van der Waals surface area contributed by atoms with E-state index in [0.29, 0.717) is 20.9 Å². The summed E-state index contributed by atoms with van der Waals surface area (Å²) >= 11 is 0. The zero-order valence-corrected chi connectivity index (χ0v) is 35.7. The highest BCUT2D eigenvalue weighted by Gasteiger charge is 2.72. The smallest absolute Gasteiger partial charge is 0.219 e. The fourth-order valence-corrected chi connectivity index (χ4v) is 9.07. The van der Waals surface area contributed by atoms with Gasteiger partial charge in [0.05, 0.1) is 9.79 Å². The molecule has 0 aliphatic heterocycles. The Morgan fingerprint density at radius 1 is 0.383 bits per heavy atom. The number of alkyl halides is 6. The van der Waals surface area contributed by atoms with Gasteiger partial charge in [-0.1, -0.05) is 174 Å². The molecule has 0 spiro atoms. The van der Waals surface area contributed by atoms with Gasteiger partial charge < -0.3 is 0 Å². The predicted octanol–water partition coefficient (Wildman–Crippen LogP) is 14.4. The van der Waals surface area contributed by atoms with Crippen LogP contribution in [0.2, 0.25) is 0 Å². The maximum absolute atomic E-state index is 13.7. The standard InChI is InChI=1S/C20H24.C17H14F6.C14H14O2S/c1-16-6-10-18(11-7-16)20(14-4-3-5-15-20)19-12-8-17(2)9-13-19;1-11-3-7-13(8-4-11)15(16(18,19)20,17(21,22)23)14-9-5-12(2)6-10-14;1-11-3-7-13(8-4-11)17(15,16)14-9-5-12(2)6-10-14/h6-13H,3-5,14-15H2,1-2H3;3-10H,1-2H3;3-10H,1-2H3. The number of sulfone groups is 1. The lowest BCUT2D eigenvalue weighted by molar-refractivity contribution is -0.288. The van der Waals surface area contributed by atoms with E-state index in [4.69, 9.17) is 0 Å². The molecule has 6 aromatic carbocycles. The molecule has 0 unspecified atom stereocenters. The van der Waals surface area contributed by atoms with E-state index in [1.54, 1.807) is 62.4 Å². The van der Waals surface area contributed by atoms with Crippen LogP contribution in [-0.2, 0) is 20.7 Å². The van der Waals surface area contributed by atoms with Gasteiger partial charge in [0.15, 0.2) is 0 Å². The van der Waals surface area contributed by atoms with Gasteiger partial charge in [-0.05, 0) is 101 Å². The molecule has 6 aromatic rings. The fraction of sp³-hybridized carbons (Fsp3) is 0.294. The van der Waals surface area contributed by atoms with Crippen LogP contribution in [-0.4, -0.2) is 20.8 Å². The van der Waals surface area contributed by atoms with Gasteiger partial charge in [0.25, 0.3) is 0 Å². The Morgan fingerprint density at radius 2 is 0.633 bits per heavy atom. The first kappa shape index (κ1) is 45.9. The molecule has 0 aromatic heterocycles. The first-order chi connectivity index (χ1) is 28.2. The Bertz CT molecular complexity index is 2230. The zero-order valence-electron chi connectivity index (χ0n) is 34.9. The second-order valence-electron chi connectivity index (χ2n) is 16.0. The van der Waals surface area contributed by atoms with Gasteiger partial charge in [-0.3, -0.25) is 0 Å². The molecule has 1 saturated carbocycles. The van der Waals surface area contributed by atoms with Crippen LogP contribution in [0, 0.1) is 41.5 Å². The van der Waals surface area contributed by atoms with Crippen molar-refractivity contribution in [2.24, 2.45) is 0 Å². The Morgan fingerprint density at radius 3 is 0.900 bits per heavy atom. The summed E-state index contributed by atoms with van der Waals surface area (Å²) in [7, 11) is -3.37. The van der Waals surface area contributed by atoms with Gasteiger partial charge in [0.2, 0.25) is 15.3 Å². The van der Waals surface area contributed by atoms with Crippen LogP contribution in [0.3, 0.4) is 0 Å². The molecule has 316 valence electrons. The molecular formula is C51H52F6O2S. The van der Waals surface area contributed by atoms with E-state index in [-0.39, 0.29) is 5.41 Å². The molecular weight excluding hydrogens is 791 g/mol. The van der Waals surface area contributed by atoms with Gasteiger partial charge in [-0.15, -0.1) is 0 Å². The molecule has 2 nitrogen and oxygen atoms in total. The normalized spacial score (nSPS) is 14.3. The Hall–Kier alpha value is -5.15. The number of rotatable bonds is 6. The largest absolute Gasteiger partial charge is 0.411 e. The van der Waals surface area contributed by atoms with Crippen molar-refractivity contribution in [3.63, 3.8) is 0 Å². The highest BCUT2D eigenvalue weighted by molar-refractivity contribution is 7.91. The number of hydrogen-bond donors (Lipinski definition) is 0. The third-order valence-corrected chi connectivity index (χ3v) is 13.2. The van der Waals surface area contributed by atoms with E-state index in [0.717, 1.165) is 35.4 Å². The van der Waals surface area contributed by atoms with E-state index in [1.807, 2.05) is 13.8 Å². The molecule has 0 atom stereocenters. The summed E-state index contributed by atoms with van der Waals surface area (Å²) in [4.78, 5) is 0.680. The van der Waals surface area contributed by atoms with Gasteiger partial charge in [-0.2, -0.15) is 26.3 Å². The summed E-state index contributed by atoms with van der Waals surface area (Å²) < 4.78 is 107. The van der Waals surface area contributed by atoms with Crippen molar-refractivity contribution in [2.45, 2.75) is 107 Å². The average molecular weight is 843 g/mol. The Balaban J connectivity index is 0.000000173. The van der Waals surface area contributed by atoms with Crippen LogP contribution in [0.15, 0.2) is 155 Å². The Labute approximate surface area is 351 Å². The van der Waals surface area contributed by atoms with Crippen LogP contribution >= 0.6 is 0 Å². The topological polar surface area (TPSA) is 34.1 Å². The SMILES string of the molecule is Cc1ccc(C(c2ccc(C)cc2)(C(F)(F)F)C(F)(F)F)cc1.Cc1ccc(C2(c3ccc(C)cc3)CCCCC2)cc1.Cc1ccc(S(=O)(=O)c2ccc(C)cc2)cc1. The van der Waals surface area contributed by atoms with Crippen molar-refractivity contribution in [1.82, 2.24) is 0 Å². The van der Waals surface area contributed by atoms with E-state index in [1.165, 1.54) is 78.6 Å². The molecule has 0 N–H and O–H groups in total. The molecule has 1 aliphatic carbocycles. The fourth-order valence-electron chi connectivity index (χ4n) is 7.80. The van der Waals surface area contributed by atoms with Crippen molar-refractivity contribution >= 4 is 9.84 Å². The lowest BCUT2D eigenvalue weighted by Gasteiger charge is -2.38. The minimum Gasteiger partial charge on any atom is -0.219 e. The number of hydrogen-bond acceptors (Lipinski definition) is 2. The highest BCUT2D eigenvalue weighted by atomic mass is 32.2. The lowest BCUT2D eigenvalue weighted by atomic mass is 9.65. The number of aryl methyl sites for hydroxylation is 6. The zero-order chi connectivity index (χ0) is 43.9. The van der Waals surface area contributed by atoms with Gasteiger partial charge in [-0.25, -0.2) is 8.42 Å². The molecule has 60 heavy (non-hydrogen) atoms. The van der Waals surface area contributed by atoms with Crippen molar-refractivity contribution in [3.8, 4) is 0 Å². The van der Waals surface area contributed by atoms with E-state index >= 15 is 0 Å². The molecule has 1 fully saturated rings. The number of benzene rings is 6.